The molecule has 4 heteroatoms. The Morgan fingerprint density at radius 3 is 2.79 bits per heavy atom. The molecule has 2 rings (SSSR count). The van der Waals surface area contributed by atoms with Crippen molar-refractivity contribution < 1.29 is 0 Å². The first-order valence-corrected chi connectivity index (χ1v) is 7.70. The summed E-state index contributed by atoms with van der Waals surface area (Å²) in [5, 5.41) is 8.05. The molecule has 0 bridgehead atoms. The van der Waals surface area contributed by atoms with E-state index in [9.17, 15) is 0 Å². The largest absolute Gasteiger partial charge is 0.308 e. The van der Waals surface area contributed by atoms with Crippen LogP contribution in [0, 0.1) is 6.92 Å². The summed E-state index contributed by atoms with van der Waals surface area (Å²) in [7, 11) is 2.02. The molecular formula is C15H23N3S. The molecule has 0 saturated carbocycles. The molecule has 2 heterocycles. The zero-order valence-corrected chi connectivity index (χ0v) is 13.0. The van der Waals surface area contributed by atoms with Crippen LogP contribution in [0.5, 0.6) is 0 Å². The second kappa shape index (κ2) is 6.35. The van der Waals surface area contributed by atoms with Crippen LogP contribution in [0.4, 0.5) is 0 Å². The fourth-order valence-corrected chi connectivity index (χ4v) is 3.18. The summed E-state index contributed by atoms with van der Waals surface area (Å²) < 4.78 is 1.98. The predicted molar refractivity (Wildman–Crippen MR) is 81.6 cm³/mol. The molecule has 0 aromatic carbocycles. The first-order chi connectivity index (χ1) is 9.08. The standard InChI is InChI=1S/C15H23N3S/c1-5-13-9-14(18(4)17-13)10-16-11(2)8-15-7-6-12(3)19-15/h6-7,9,11,16H,5,8,10H2,1-4H3. The smallest absolute Gasteiger partial charge is 0.0625 e. The van der Waals surface area contributed by atoms with Gasteiger partial charge in [-0.25, -0.2) is 0 Å². The van der Waals surface area contributed by atoms with Gasteiger partial charge < -0.3 is 5.32 Å². The van der Waals surface area contributed by atoms with Gasteiger partial charge in [0.05, 0.1) is 11.4 Å². The van der Waals surface area contributed by atoms with Gasteiger partial charge in [0, 0.05) is 29.4 Å². The number of nitrogens with zero attached hydrogens (tertiary/aromatic N) is 2. The van der Waals surface area contributed by atoms with E-state index in [0.29, 0.717) is 6.04 Å². The van der Waals surface area contributed by atoms with Crippen molar-refractivity contribution in [2.45, 2.75) is 46.2 Å². The van der Waals surface area contributed by atoms with Gasteiger partial charge in [0.1, 0.15) is 0 Å². The predicted octanol–water partition coefficient (Wildman–Crippen LogP) is 3.07. The van der Waals surface area contributed by atoms with Gasteiger partial charge in [0.15, 0.2) is 0 Å². The summed E-state index contributed by atoms with van der Waals surface area (Å²) in [6.45, 7) is 7.43. The molecule has 2 aromatic heterocycles. The van der Waals surface area contributed by atoms with Crippen molar-refractivity contribution in [3.05, 3.63) is 39.3 Å². The molecule has 0 aliphatic rings. The summed E-state index contributed by atoms with van der Waals surface area (Å²) in [6.07, 6.45) is 2.09. The summed E-state index contributed by atoms with van der Waals surface area (Å²) >= 11 is 1.89. The number of hydrogen-bond donors (Lipinski definition) is 1. The molecule has 0 amide bonds. The highest BCUT2D eigenvalue weighted by Gasteiger charge is 2.08. The van der Waals surface area contributed by atoms with E-state index in [2.05, 4.69) is 49.4 Å². The van der Waals surface area contributed by atoms with Crippen LogP contribution >= 0.6 is 11.3 Å². The molecule has 0 fully saturated rings. The Balaban J connectivity index is 1.85. The normalized spacial score (nSPS) is 12.8. The summed E-state index contributed by atoms with van der Waals surface area (Å²) in [4.78, 5) is 2.85. The molecule has 104 valence electrons. The summed E-state index contributed by atoms with van der Waals surface area (Å²) in [6, 6.07) is 7.10. The number of aryl methyl sites for hydroxylation is 3. The maximum Gasteiger partial charge on any atom is 0.0625 e. The van der Waals surface area contributed by atoms with E-state index in [0.717, 1.165) is 19.4 Å². The number of rotatable bonds is 6. The molecule has 19 heavy (non-hydrogen) atoms. The Morgan fingerprint density at radius 1 is 1.42 bits per heavy atom. The minimum atomic E-state index is 0.484. The lowest BCUT2D eigenvalue weighted by atomic mass is 10.2. The molecule has 0 aliphatic heterocycles. The van der Waals surface area contributed by atoms with Gasteiger partial charge in [0.25, 0.3) is 0 Å². The van der Waals surface area contributed by atoms with Crippen LogP contribution < -0.4 is 5.32 Å². The third-order valence-corrected chi connectivity index (χ3v) is 4.35. The number of nitrogens with one attached hydrogen (secondary N) is 1. The van der Waals surface area contributed by atoms with Crippen LogP contribution in [0.25, 0.3) is 0 Å². The Hall–Kier alpha value is -1.13. The number of hydrogen-bond acceptors (Lipinski definition) is 3. The number of aromatic nitrogens is 2. The zero-order chi connectivity index (χ0) is 13.8. The molecule has 0 aliphatic carbocycles. The Bertz CT molecular complexity index is 527. The lowest BCUT2D eigenvalue weighted by Gasteiger charge is -2.12. The highest BCUT2D eigenvalue weighted by atomic mass is 32.1. The molecule has 0 radical (unpaired) electrons. The van der Waals surface area contributed by atoms with E-state index in [4.69, 9.17) is 0 Å². The maximum atomic E-state index is 4.47. The van der Waals surface area contributed by atoms with Crippen LogP contribution in [0.1, 0.15) is 35.0 Å². The molecule has 2 aromatic rings. The Labute approximate surface area is 119 Å². The van der Waals surface area contributed by atoms with Crippen molar-refractivity contribution in [1.29, 1.82) is 0 Å². The monoisotopic (exact) mass is 277 g/mol. The van der Waals surface area contributed by atoms with Gasteiger partial charge in [-0.2, -0.15) is 5.10 Å². The fraction of sp³-hybridized carbons (Fsp3) is 0.533. The number of thiophene rings is 1. The van der Waals surface area contributed by atoms with Crippen molar-refractivity contribution in [1.82, 2.24) is 15.1 Å². The van der Waals surface area contributed by atoms with Gasteiger partial charge in [-0.05, 0) is 44.9 Å². The molecule has 0 spiro atoms. The topological polar surface area (TPSA) is 29.9 Å². The van der Waals surface area contributed by atoms with Crippen molar-refractivity contribution in [2.75, 3.05) is 0 Å². The average Bonchev–Trinajstić information content (AvgIpc) is 2.93. The lowest BCUT2D eigenvalue weighted by molar-refractivity contribution is 0.528. The van der Waals surface area contributed by atoms with Crippen LogP contribution in [-0.2, 0) is 26.4 Å². The Morgan fingerprint density at radius 2 is 2.21 bits per heavy atom. The van der Waals surface area contributed by atoms with E-state index in [-0.39, 0.29) is 0 Å². The van der Waals surface area contributed by atoms with Crippen LogP contribution in [-0.4, -0.2) is 15.8 Å². The van der Waals surface area contributed by atoms with Crippen molar-refractivity contribution in [3.8, 4) is 0 Å². The van der Waals surface area contributed by atoms with E-state index in [1.165, 1.54) is 21.1 Å². The van der Waals surface area contributed by atoms with Crippen LogP contribution in [0.15, 0.2) is 18.2 Å². The van der Waals surface area contributed by atoms with Crippen molar-refractivity contribution >= 4 is 11.3 Å². The van der Waals surface area contributed by atoms with E-state index in [1.54, 1.807) is 0 Å². The van der Waals surface area contributed by atoms with Crippen molar-refractivity contribution in [3.63, 3.8) is 0 Å². The SMILES string of the molecule is CCc1cc(CNC(C)Cc2ccc(C)s2)n(C)n1. The lowest BCUT2D eigenvalue weighted by Crippen LogP contribution is -2.28. The van der Waals surface area contributed by atoms with Gasteiger partial charge in [-0.15, -0.1) is 11.3 Å². The molecule has 0 saturated heterocycles. The summed E-state index contributed by atoms with van der Waals surface area (Å²) in [5.74, 6) is 0. The van der Waals surface area contributed by atoms with Crippen LogP contribution in [0.2, 0.25) is 0 Å². The zero-order valence-electron chi connectivity index (χ0n) is 12.2. The fourth-order valence-electron chi connectivity index (χ4n) is 2.16. The molecule has 1 unspecified atom stereocenters. The maximum absolute atomic E-state index is 4.47. The first kappa shape index (κ1) is 14.3. The third kappa shape index (κ3) is 3.91. The molecule has 1 N–H and O–H groups in total. The average molecular weight is 277 g/mol. The molecule has 3 nitrogen and oxygen atoms in total. The van der Waals surface area contributed by atoms with Crippen LogP contribution in [0.3, 0.4) is 0 Å². The van der Waals surface area contributed by atoms with Gasteiger partial charge in [0.2, 0.25) is 0 Å². The Kier molecular flexibility index (Phi) is 4.77. The highest BCUT2D eigenvalue weighted by Crippen LogP contribution is 2.16. The summed E-state index contributed by atoms with van der Waals surface area (Å²) in [5.41, 5.74) is 2.42. The second-order valence-electron chi connectivity index (χ2n) is 5.10. The third-order valence-electron chi connectivity index (χ3n) is 3.32. The van der Waals surface area contributed by atoms with Gasteiger partial charge >= 0.3 is 0 Å². The minimum absolute atomic E-state index is 0.484. The van der Waals surface area contributed by atoms with E-state index in [1.807, 2.05) is 23.1 Å². The molecule has 1 atom stereocenters. The highest BCUT2D eigenvalue weighted by molar-refractivity contribution is 7.11. The second-order valence-corrected chi connectivity index (χ2v) is 6.48. The van der Waals surface area contributed by atoms with Gasteiger partial charge in [-0.1, -0.05) is 6.92 Å². The quantitative estimate of drug-likeness (QED) is 0.879. The van der Waals surface area contributed by atoms with E-state index >= 15 is 0 Å². The van der Waals surface area contributed by atoms with Crippen molar-refractivity contribution in [2.24, 2.45) is 7.05 Å². The minimum Gasteiger partial charge on any atom is -0.308 e. The van der Waals surface area contributed by atoms with E-state index < -0.39 is 0 Å². The molecular weight excluding hydrogens is 254 g/mol. The van der Waals surface area contributed by atoms with Gasteiger partial charge in [-0.3, -0.25) is 4.68 Å². The first-order valence-electron chi connectivity index (χ1n) is 6.89.